The lowest BCUT2D eigenvalue weighted by molar-refractivity contribution is -0.132. The molecule has 3 nitrogen and oxygen atoms in total. The van der Waals surface area contributed by atoms with Gasteiger partial charge in [0.25, 0.3) is 0 Å². The van der Waals surface area contributed by atoms with E-state index in [1.54, 1.807) is 6.20 Å². The van der Waals surface area contributed by atoms with Crippen LogP contribution in [0.5, 0.6) is 0 Å². The number of benzene rings is 2. The van der Waals surface area contributed by atoms with E-state index in [1.165, 1.54) is 24.3 Å². The molecule has 1 aliphatic rings. The molecule has 33 heavy (non-hydrogen) atoms. The highest BCUT2D eigenvalue weighted by molar-refractivity contribution is 5.76. The Kier molecular flexibility index (Phi) is 7.82. The van der Waals surface area contributed by atoms with Gasteiger partial charge in [-0.15, -0.1) is 0 Å². The highest BCUT2D eigenvalue weighted by atomic mass is 19.1. The van der Waals surface area contributed by atoms with Crippen LogP contribution in [0.25, 0.3) is 0 Å². The van der Waals surface area contributed by atoms with E-state index in [2.05, 4.69) is 4.98 Å². The average Bonchev–Trinajstić information content (AvgIpc) is 2.85. The number of nitrogens with zero attached hydrogens (tertiary/aromatic N) is 2. The molecule has 2 aromatic carbocycles. The Morgan fingerprint density at radius 2 is 1.55 bits per heavy atom. The summed E-state index contributed by atoms with van der Waals surface area (Å²) in [4.78, 5) is 18.8. The summed E-state index contributed by atoms with van der Waals surface area (Å²) in [5.74, 6) is 0.257. The summed E-state index contributed by atoms with van der Waals surface area (Å²) in [6.45, 7) is 1.55. The van der Waals surface area contributed by atoms with Gasteiger partial charge in [-0.05, 0) is 85.0 Å². The number of halogens is 2. The number of carbonyl (C=O) groups is 1. The first-order valence-corrected chi connectivity index (χ1v) is 11.8. The largest absolute Gasteiger partial charge is 0.343 e. The lowest BCUT2D eigenvalue weighted by Gasteiger charge is -2.34. The molecule has 1 aliphatic heterocycles. The second kappa shape index (κ2) is 11.2. The van der Waals surface area contributed by atoms with E-state index in [9.17, 15) is 13.6 Å². The average molecular weight is 449 g/mol. The lowest BCUT2D eigenvalue weighted by atomic mass is 9.80. The highest BCUT2D eigenvalue weighted by Gasteiger charge is 2.26. The standard InChI is InChI=1S/C28H30F2N2O/c29-25-10-6-23(7-11-25)27(24-8-12-26(30)13-9-24)19-21-14-17-32(18-15-21)28(33)5-1-3-22-4-2-16-31-20-22/h2,4,6-13,16,20-21,27H,1,3,5,14-15,17-19H2. The number of aromatic nitrogens is 1. The van der Waals surface area contributed by atoms with Crippen molar-refractivity contribution in [2.45, 2.75) is 44.4 Å². The van der Waals surface area contributed by atoms with Crippen LogP contribution in [0.2, 0.25) is 0 Å². The van der Waals surface area contributed by atoms with E-state index in [4.69, 9.17) is 0 Å². The summed E-state index contributed by atoms with van der Waals surface area (Å²) in [6, 6.07) is 17.2. The van der Waals surface area contributed by atoms with Crippen molar-refractivity contribution in [2.24, 2.45) is 5.92 Å². The van der Waals surface area contributed by atoms with Crippen LogP contribution in [0.4, 0.5) is 8.78 Å². The van der Waals surface area contributed by atoms with Gasteiger partial charge in [-0.1, -0.05) is 30.3 Å². The topological polar surface area (TPSA) is 33.2 Å². The molecule has 0 aliphatic carbocycles. The van der Waals surface area contributed by atoms with E-state index in [1.807, 2.05) is 47.5 Å². The maximum atomic E-state index is 13.5. The van der Waals surface area contributed by atoms with Crippen LogP contribution in [-0.2, 0) is 11.2 Å². The third-order valence-corrected chi connectivity index (χ3v) is 6.66. The normalized spacial score (nSPS) is 14.6. The number of hydrogen-bond acceptors (Lipinski definition) is 2. The predicted molar refractivity (Wildman–Crippen MR) is 126 cm³/mol. The quantitative estimate of drug-likeness (QED) is 0.414. The van der Waals surface area contributed by atoms with Crippen LogP contribution in [-0.4, -0.2) is 28.9 Å². The van der Waals surface area contributed by atoms with Crippen molar-refractivity contribution in [1.82, 2.24) is 9.88 Å². The van der Waals surface area contributed by atoms with Gasteiger partial charge >= 0.3 is 0 Å². The monoisotopic (exact) mass is 448 g/mol. The van der Waals surface area contributed by atoms with Gasteiger partial charge in [0.15, 0.2) is 0 Å². The minimum atomic E-state index is -0.257. The lowest BCUT2D eigenvalue weighted by Crippen LogP contribution is -2.38. The highest BCUT2D eigenvalue weighted by Crippen LogP contribution is 2.35. The molecule has 0 bridgehead atoms. The minimum absolute atomic E-state index is 0.0814. The van der Waals surface area contributed by atoms with E-state index in [0.717, 1.165) is 61.9 Å². The van der Waals surface area contributed by atoms with Crippen molar-refractivity contribution in [2.75, 3.05) is 13.1 Å². The van der Waals surface area contributed by atoms with Crippen LogP contribution in [0.3, 0.4) is 0 Å². The maximum absolute atomic E-state index is 13.5. The SMILES string of the molecule is O=C(CCCc1cccnc1)N1CCC(CC(c2ccc(F)cc2)c2ccc(F)cc2)CC1. The van der Waals surface area contributed by atoms with Gasteiger partial charge in [0, 0.05) is 37.8 Å². The molecular weight excluding hydrogens is 418 g/mol. The smallest absolute Gasteiger partial charge is 0.222 e. The third kappa shape index (κ3) is 6.47. The molecule has 172 valence electrons. The fraction of sp³-hybridized carbons (Fsp3) is 0.357. The van der Waals surface area contributed by atoms with Crippen LogP contribution in [0.15, 0.2) is 73.1 Å². The first kappa shape index (κ1) is 23.1. The van der Waals surface area contributed by atoms with E-state index in [0.29, 0.717) is 12.3 Å². The molecule has 4 rings (SSSR count). The Morgan fingerprint density at radius 3 is 2.09 bits per heavy atom. The molecule has 2 heterocycles. The summed E-state index contributed by atoms with van der Waals surface area (Å²) in [7, 11) is 0. The second-order valence-corrected chi connectivity index (χ2v) is 8.93. The summed E-state index contributed by atoms with van der Waals surface area (Å²) < 4.78 is 27.0. The Hall–Kier alpha value is -3.08. The molecule has 0 saturated carbocycles. The van der Waals surface area contributed by atoms with Gasteiger partial charge in [-0.2, -0.15) is 0 Å². The Balaban J connectivity index is 1.32. The van der Waals surface area contributed by atoms with Crippen molar-refractivity contribution >= 4 is 5.91 Å². The van der Waals surface area contributed by atoms with Gasteiger partial charge < -0.3 is 4.90 Å². The molecule has 0 radical (unpaired) electrons. The zero-order chi connectivity index (χ0) is 23.0. The fourth-order valence-electron chi connectivity index (χ4n) is 4.75. The number of aryl methyl sites for hydroxylation is 1. The number of hydrogen-bond donors (Lipinski definition) is 0. The summed E-state index contributed by atoms with van der Waals surface area (Å²) in [5.41, 5.74) is 3.24. The molecule has 1 aromatic heterocycles. The summed E-state index contributed by atoms with van der Waals surface area (Å²) in [6.07, 6.45) is 8.69. The Labute approximate surface area is 194 Å². The molecule has 0 unspecified atom stereocenters. The van der Waals surface area contributed by atoms with Crippen molar-refractivity contribution in [3.8, 4) is 0 Å². The number of rotatable bonds is 8. The van der Waals surface area contributed by atoms with Crippen molar-refractivity contribution < 1.29 is 13.6 Å². The molecule has 1 saturated heterocycles. The summed E-state index contributed by atoms with van der Waals surface area (Å²) in [5, 5.41) is 0. The fourth-order valence-corrected chi connectivity index (χ4v) is 4.75. The molecule has 0 atom stereocenters. The van der Waals surface area contributed by atoms with Crippen LogP contribution in [0.1, 0.15) is 54.7 Å². The first-order chi connectivity index (χ1) is 16.1. The number of amides is 1. The van der Waals surface area contributed by atoms with Gasteiger partial charge in [-0.25, -0.2) is 8.78 Å². The number of carbonyl (C=O) groups excluding carboxylic acids is 1. The Bertz CT molecular complexity index is 969. The predicted octanol–water partition coefficient (Wildman–Crippen LogP) is 6.14. The summed E-state index contributed by atoms with van der Waals surface area (Å²) >= 11 is 0. The van der Waals surface area contributed by atoms with Gasteiger partial charge in [0.05, 0.1) is 0 Å². The second-order valence-electron chi connectivity index (χ2n) is 8.93. The van der Waals surface area contributed by atoms with Crippen LogP contribution >= 0.6 is 0 Å². The van der Waals surface area contributed by atoms with Crippen LogP contribution < -0.4 is 0 Å². The third-order valence-electron chi connectivity index (χ3n) is 6.66. The van der Waals surface area contributed by atoms with E-state index in [-0.39, 0.29) is 23.5 Å². The van der Waals surface area contributed by atoms with Gasteiger partial charge in [0.2, 0.25) is 5.91 Å². The number of likely N-dealkylation sites (tertiary alicyclic amines) is 1. The molecule has 0 spiro atoms. The molecule has 1 amide bonds. The van der Waals surface area contributed by atoms with Gasteiger partial charge in [0.1, 0.15) is 11.6 Å². The first-order valence-electron chi connectivity index (χ1n) is 11.8. The number of pyridine rings is 1. The molecular formula is C28H30F2N2O. The molecule has 0 N–H and O–H groups in total. The molecule has 1 fully saturated rings. The number of piperidine rings is 1. The molecule has 3 aromatic rings. The molecule has 5 heteroatoms. The van der Waals surface area contributed by atoms with Crippen molar-refractivity contribution in [1.29, 1.82) is 0 Å². The van der Waals surface area contributed by atoms with E-state index < -0.39 is 0 Å². The zero-order valence-electron chi connectivity index (χ0n) is 18.8. The Morgan fingerprint density at radius 1 is 0.939 bits per heavy atom. The van der Waals surface area contributed by atoms with Crippen molar-refractivity contribution in [3.05, 3.63) is 101 Å². The maximum Gasteiger partial charge on any atom is 0.222 e. The van der Waals surface area contributed by atoms with Gasteiger partial charge in [-0.3, -0.25) is 9.78 Å². The zero-order valence-corrected chi connectivity index (χ0v) is 18.8. The van der Waals surface area contributed by atoms with Crippen molar-refractivity contribution in [3.63, 3.8) is 0 Å². The minimum Gasteiger partial charge on any atom is -0.343 e. The van der Waals surface area contributed by atoms with Crippen LogP contribution in [0, 0.1) is 17.6 Å². The van der Waals surface area contributed by atoms with E-state index >= 15 is 0 Å².